The molecule has 42 heavy (non-hydrogen) atoms. The topological polar surface area (TPSA) is 122 Å². The molecule has 0 saturated carbocycles. The normalized spacial score (nSPS) is 15.7. The summed E-state index contributed by atoms with van der Waals surface area (Å²) in [6.07, 6.45) is 4.35. The lowest BCUT2D eigenvalue weighted by Gasteiger charge is -2.25. The number of hydrogen-bond acceptors (Lipinski definition) is 8. The third-order valence-electron chi connectivity index (χ3n) is 7.22. The first-order chi connectivity index (χ1) is 20.2. The Kier molecular flexibility index (Phi) is 9.20. The van der Waals surface area contributed by atoms with E-state index in [0.717, 1.165) is 35.5 Å². The number of Topliss-reactive ketones (excluding diaryl/α,β-unsaturated/α-hetero) is 1. The van der Waals surface area contributed by atoms with Gasteiger partial charge in [0.2, 0.25) is 0 Å². The van der Waals surface area contributed by atoms with Crippen LogP contribution in [0.25, 0.3) is 11.0 Å². The number of halogens is 2. The first-order valence-electron chi connectivity index (χ1n) is 13.5. The Morgan fingerprint density at radius 1 is 1.31 bits per heavy atom. The van der Waals surface area contributed by atoms with Crippen LogP contribution < -0.4 is 10.2 Å². The molecular weight excluding hydrogens is 585 g/mol. The van der Waals surface area contributed by atoms with Crippen LogP contribution in [0, 0.1) is 5.82 Å². The van der Waals surface area contributed by atoms with E-state index in [9.17, 15) is 14.4 Å². The van der Waals surface area contributed by atoms with Gasteiger partial charge in [-0.2, -0.15) is 0 Å². The summed E-state index contributed by atoms with van der Waals surface area (Å²) in [6, 6.07) is 9.53. The number of nitrogens with zero attached hydrogens (tertiary/aromatic N) is 2. The molecule has 4 aromatic rings. The van der Waals surface area contributed by atoms with Crippen molar-refractivity contribution in [3.8, 4) is 0 Å². The monoisotopic (exact) mass is 613 g/mol. The van der Waals surface area contributed by atoms with E-state index in [-0.39, 0.29) is 40.9 Å². The SMILES string of the molecule is C[C@H](OC[C@@H]1CCCN1c1ncc(CCC(=O)O)s1)C(=O)Cc1cc(Cl)c(NC(=O)c2coc3ccccc23)cc1F. The number of ketones is 1. The number of fused-ring (bicyclic) bond motifs is 1. The summed E-state index contributed by atoms with van der Waals surface area (Å²) in [4.78, 5) is 44.1. The number of furan rings is 1. The number of anilines is 2. The third kappa shape index (κ3) is 6.80. The van der Waals surface area contributed by atoms with Gasteiger partial charge in [0.15, 0.2) is 10.9 Å². The number of amides is 1. The zero-order valence-electron chi connectivity index (χ0n) is 22.8. The van der Waals surface area contributed by atoms with Gasteiger partial charge in [-0.15, -0.1) is 11.3 Å². The van der Waals surface area contributed by atoms with Crippen molar-refractivity contribution in [2.45, 2.75) is 51.2 Å². The minimum atomic E-state index is -0.847. The molecule has 2 N–H and O–H groups in total. The highest BCUT2D eigenvalue weighted by Crippen LogP contribution is 2.31. The average molecular weight is 614 g/mol. The van der Waals surface area contributed by atoms with Gasteiger partial charge in [0.25, 0.3) is 5.91 Å². The number of aliphatic carboxylic acids is 1. The van der Waals surface area contributed by atoms with Crippen LogP contribution in [0.2, 0.25) is 5.02 Å². The maximum absolute atomic E-state index is 15.0. The van der Waals surface area contributed by atoms with Crippen molar-refractivity contribution in [2.75, 3.05) is 23.4 Å². The van der Waals surface area contributed by atoms with Gasteiger partial charge in [0, 0.05) is 29.4 Å². The number of para-hydroxylation sites is 1. The second-order valence-electron chi connectivity index (χ2n) is 10.1. The van der Waals surface area contributed by atoms with Crippen LogP contribution in [-0.2, 0) is 27.2 Å². The van der Waals surface area contributed by atoms with E-state index in [0.29, 0.717) is 29.6 Å². The smallest absolute Gasteiger partial charge is 0.303 e. The number of nitrogens with one attached hydrogen (secondary N) is 1. The molecule has 1 amide bonds. The molecule has 3 heterocycles. The number of hydrogen-bond donors (Lipinski definition) is 2. The Balaban J connectivity index is 1.16. The second-order valence-corrected chi connectivity index (χ2v) is 11.6. The van der Waals surface area contributed by atoms with Crippen molar-refractivity contribution < 1.29 is 33.0 Å². The molecule has 1 aliphatic heterocycles. The summed E-state index contributed by atoms with van der Waals surface area (Å²) in [5.74, 6) is -2.32. The Morgan fingerprint density at radius 2 is 2.12 bits per heavy atom. The van der Waals surface area contributed by atoms with E-state index in [1.807, 2.05) is 0 Å². The van der Waals surface area contributed by atoms with Gasteiger partial charge in [-0.25, -0.2) is 9.37 Å². The summed E-state index contributed by atoms with van der Waals surface area (Å²) in [5, 5.41) is 13.1. The average Bonchev–Trinajstić information content (AvgIpc) is 3.72. The fourth-order valence-electron chi connectivity index (χ4n) is 4.88. The van der Waals surface area contributed by atoms with Crippen LogP contribution in [-0.4, -0.2) is 53.0 Å². The van der Waals surface area contributed by atoms with Crippen LogP contribution in [0.3, 0.4) is 0 Å². The number of ether oxygens (including phenoxy) is 1. The zero-order chi connectivity index (χ0) is 29.8. The molecular formula is C30H29ClFN3O6S. The molecule has 0 aliphatic carbocycles. The van der Waals surface area contributed by atoms with Gasteiger partial charge in [-0.1, -0.05) is 29.8 Å². The zero-order valence-corrected chi connectivity index (χ0v) is 24.3. The quantitative estimate of drug-likeness (QED) is 0.195. The van der Waals surface area contributed by atoms with Crippen LogP contribution in [0.5, 0.6) is 0 Å². The predicted octanol–water partition coefficient (Wildman–Crippen LogP) is 6.14. The van der Waals surface area contributed by atoms with E-state index in [1.165, 1.54) is 23.7 Å². The molecule has 9 nitrogen and oxygen atoms in total. The number of carbonyl (C=O) groups excluding carboxylic acids is 2. The Morgan fingerprint density at radius 3 is 2.93 bits per heavy atom. The van der Waals surface area contributed by atoms with Crippen molar-refractivity contribution >= 4 is 62.4 Å². The first kappa shape index (κ1) is 29.7. The van der Waals surface area contributed by atoms with E-state index in [1.54, 1.807) is 37.4 Å². The Hall–Kier alpha value is -3.80. The molecule has 1 fully saturated rings. The van der Waals surface area contributed by atoms with E-state index in [4.69, 9.17) is 25.9 Å². The van der Waals surface area contributed by atoms with E-state index < -0.39 is 23.8 Å². The molecule has 5 rings (SSSR count). The van der Waals surface area contributed by atoms with Crippen LogP contribution in [0.1, 0.15) is 47.0 Å². The van der Waals surface area contributed by atoms with Crippen molar-refractivity contribution in [3.05, 3.63) is 75.7 Å². The third-order valence-corrected chi connectivity index (χ3v) is 8.62. The highest BCUT2D eigenvalue weighted by molar-refractivity contribution is 7.15. The van der Waals surface area contributed by atoms with Crippen molar-refractivity contribution in [1.82, 2.24) is 4.98 Å². The van der Waals surface area contributed by atoms with Gasteiger partial charge < -0.3 is 24.5 Å². The minimum Gasteiger partial charge on any atom is -0.481 e. The van der Waals surface area contributed by atoms with Gasteiger partial charge in [-0.05, 0) is 49.9 Å². The number of rotatable bonds is 12. The molecule has 220 valence electrons. The molecule has 12 heteroatoms. The summed E-state index contributed by atoms with van der Waals surface area (Å²) >= 11 is 7.83. The summed E-state index contributed by atoms with van der Waals surface area (Å²) in [6.45, 7) is 2.73. The summed E-state index contributed by atoms with van der Waals surface area (Å²) < 4.78 is 26.3. The highest BCUT2D eigenvalue weighted by atomic mass is 35.5. The van der Waals surface area contributed by atoms with E-state index >= 15 is 4.39 Å². The van der Waals surface area contributed by atoms with Crippen LogP contribution >= 0.6 is 22.9 Å². The molecule has 1 saturated heterocycles. The summed E-state index contributed by atoms with van der Waals surface area (Å²) in [7, 11) is 0. The lowest BCUT2D eigenvalue weighted by atomic mass is 10.0. The largest absolute Gasteiger partial charge is 0.481 e. The minimum absolute atomic E-state index is 0.0279. The fourth-order valence-corrected chi connectivity index (χ4v) is 6.12. The van der Waals surface area contributed by atoms with Gasteiger partial charge >= 0.3 is 5.97 Å². The summed E-state index contributed by atoms with van der Waals surface area (Å²) in [5.41, 5.74) is 1.03. The molecule has 0 unspecified atom stereocenters. The molecule has 0 spiro atoms. The molecule has 2 aromatic heterocycles. The van der Waals surface area contributed by atoms with Crippen molar-refractivity contribution in [2.24, 2.45) is 0 Å². The standard InChI is InChI=1S/C30H29ClFN3O6S/c1-17(40-15-19-5-4-10-35(19)30-33-14-20(42-30)8-9-28(37)38)26(36)12-18-11-23(31)25(13-24(18)32)34-29(39)22-16-41-27-7-3-2-6-21(22)27/h2-3,6-7,11,13-14,16-17,19H,4-5,8-10,12,15H2,1H3,(H,34,39)(H,37,38)/t17-,19-/m0/s1. The van der Waals surface area contributed by atoms with Gasteiger partial charge in [0.05, 0.1) is 35.3 Å². The van der Waals surface area contributed by atoms with Crippen molar-refractivity contribution in [1.29, 1.82) is 0 Å². The maximum Gasteiger partial charge on any atom is 0.303 e. The Labute approximate surface area is 250 Å². The highest BCUT2D eigenvalue weighted by Gasteiger charge is 2.29. The number of aryl methyl sites for hydroxylation is 1. The fraction of sp³-hybridized carbons (Fsp3) is 0.333. The molecule has 2 atom stereocenters. The van der Waals surface area contributed by atoms with Crippen molar-refractivity contribution in [3.63, 3.8) is 0 Å². The number of carboxylic acid groups (broad SMARTS) is 1. The lowest BCUT2D eigenvalue weighted by molar-refractivity contribution is -0.137. The first-order valence-corrected chi connectivity index (χ1v) is 14.7. The molecule has 2 aromatic carbocycles. The molecule has 0 bridgehead atoms. The second kappa shape index (κ2) is 13.0. The maximum atomic E-state index is 15.0. The Bertz CT molecular complexity index is 1620. The number of thiazole rings is 1. The van der Waals surface area contributed by atoms with Crippen LogP contribution in [0.15, 0.2) is 53.3 Å². The van der Waals surface area contributed by atoms with Gasteiger partial charge in [-0.3, -0.25) is 14.4 Å². The lowest BCUT2D eigenvalue weighted by Crippen LogP contribution is -2.35. The number of carboxylic acids is 1. The molecule has 0 radical (unpaired) electrons. The van der Waals surface area contributed by atoms with E-state index in [2.05, 4.69) is 15.2 Å². The number of carbonyl (C=O) groups is 3. The molecule has 1 aliphatic rings. The number of aromatic nitrogens is 1. The predicted molar refractivity (Wildman–Crippen MR) is 158 cm³/mol. The van der Waals surface area contributed by atoms with Gasteiger partial charge in [0.1, 0.15) is 23.8 Å². The van der Waals surface area contributed by atoms with Crippen LogP contribution in [0.4, 0.5) is 15.2 Å². The number of benzene rings is 2.